The lowest BCUT2D eigenvalue weighted by Gasteiger charge is -2.20. The molecule has 1 amide bonds. The highest BCUT2D eigenvalue weighted by Gasteiger charge is 2.19. The highest BCUT2D eigenvalue weighted by Crippen LogP contribution is 2.19. The van der Waals surface area contributed by atoms with Crippen LogP contribution in [0.1, 0.15) is 32.3 Å². The molecule has 4 heteroatoms. The summed E-state index contributed by atoms with van der Waals surface area (Å²) in [5.41, 5.74) is 2.08. The van der Waals surface area contributed by atoms with E-state index in [1.165, 1.54) is 5.56 Å². The standard InChI is InChI=1S/C14H19NO2S/c1-10(8-12-5-7-18-9-12)15-14(16)13-4-3-6-17-11(13)2/h5,7,9-10H,3-4,6,8H2,1-2H3,(H,15,16). The lowest BCUT2D eigenvalue weighted by atomic mass is 10.1. The maximum atomic E-state index is 12.1. The van der Waals surface area contributed by atoms with Crippen molar-refractivity contribution in [3.63, 3.8) is 0 Å². The van der Waals surface area contributed by atoms with E-state index < -0.39 is 0 Å². The summed E-state index contributed by atoms with van der Waals surface area (Å²) in [7, 11) is 0. The van der Waals surface area contributed by atoms with Gasteiger partial charge in [-0.3, -0.25) is 4.79 Å². The average molecular weight is 265 g/mol. The Kier molecular flexibility index (Phi) is 4.42. The van der Waals surface area contributed by atoms with Crippen molar-refractivity contribution < 1.29 is 9.53 Å². The molecule has 2 heterocycles. The quantitative estimate of drug-likeness (QED) is 0.909. The third-order valence-corrected chi connectivity index (χ3v) is 3.82. The van der Waals surface area contributed by atoms with E-state index in [-0.39, 0.29) is 11.9 Å². The predicted molar refractivity (Wildman–Crippen MR) is 73.5 cm³/mol. The van der Waals surface area contributed by atoms with Crippen molar-refractivity contribution in [2.45, 2.75) is 39.2 Å². The molecular weight excluding hydrogens is 246 g/mol. The Balaban J connectivity index is 1.90. The number of carbonyl (C=O) groups excluding carboxylic acids is 1. The van der Waals surface area contributed by atoms with Crippen molar-refractivity contribution in [1.29, 1.82) is 0 Å². The Hall–Kier alpha value is -1.29. The molecule has 0 radical (unpaired) electrons. The average Bonchev–Trinajstić information content (AvgIpc) is 2.82. The van der Waals surface area contributed by atoms with Crippen molar-refractivity contribution in [2.75, 3.05) is 6.61 Å². The van der Waals surface area contributed by atoms with Gasteiger partial charge in [0.05, 0.1) is 12.2 Å². The van der Waals surface area contributed by atoms with Crippen molar-refractivity contribution >= 4 is 17.2 Å². The van der Waals surface area contributed by atoms with Gasteiger partial charge in [0.15, 0.2) is 0 Å². The predicted octanol–water partition coefficient (Wildman–Crippen LogP) is 2.88. The molecule has 1 aromatic heterocycles. The molecule has 3 nitrogen and oxygen atoms in total. The van der Waals surface area contributed by atoms with Crippen LogP contribution in [0.25, 0.3) is 0 Å². The lowest BCUT2D eigenvalue weighted by Crippen LogP contribution is -2.36. The van der Waals surface area contributed by atoms with Crippen LogP contribution in [0.2, 0.25) is 0 Å². The van der Waals surface area contributed by atoms with Crippen LogP contribution in [0.4, 0.5) is 0 Å². The minimum Gasteiger partial charge on any atom is -0.498 e. The summed E-state index contributed by atoms with van der Waals surface area (Å²) in [4.78, 5) is 12.1. The number of allylic oxidation sites excluding steroid dienone is 1. The maximum Gasteiger partial charge on any atom is 0.250 e. The molecule has 1 aliphatic heterocycles. The number of ether oxygens (including phenoxy) is 1. The van der Waals surface area contributed by atoms with Crippen molar-refractivity contribution in [2.24, 2.45) is 0 Å². The summed E-state index contributed by atoms with van der Waals surface area (Å²) < 4.78 is 5.42. The molecule has 0 spiro atoms. The number of amides is 1. The molecule has 1 aliphatic rings. The number of hydrogen-bond donors (Lipinski definition) is 1. The Bertz CT molecular complexity index is 437. The number of nitrogens with one attached hydrogen (secondary N) is 1. The van der Waals surface area contributed by atoms with Gasteiger partial charge in [-0.2, -0.15) is 11.3 Å². The van der Waals surface area contributed by atoms with Crippen LogP contribution in [0.3, 0.4) is 0 Å². The van der Waals surface area contributed by atoms with Gasteiger partial charge in [0.25, 0.3) is 5.91 Å². The number of thiophene rings is 1. The topological polar surface area (TPSA) is 38.3 Å². The first-order valence-electron chi connectivity index (χ1n) is 6.31. The van der Waals surface area contributed by atoms with E-state index >= 15 is 0 Å². The number of rotatable bonds is 4. The summed E-state index contributed by atoms with van der Waals surface area (Å²) in [6.07, 6.45) is 2.63. The highest BCUT2D eigenvalue weighted by atomic mass is 32.1. The van der Waals surface area contributed by atoms with E-state index in [0.717, 1.165) is 37.2 Å². The first kappa shape index (κ1) is 13.1. The SMILES string of the molecule is CC1=C(C(=O)NC(C)Cc2ccsc2)CCCO1. The number of carbonyl (C=O) groups is 1. The Morgan fingerprint density at radius 2 is 2.44 bits per heavy atom. The first-order chi connectivity index (χ1) is 8.66. The van der Waals surface area contributed by atoms with Crippen LogP contribution >= 0.6 is 11.3 Å². The monoisotopic (exact) mass is 265 g/mol. The molecule has 1 unspecified atom stereocenters. The fourth-order valence-corrected chi connectivity index (χ4v) is 2.82. The molecule has 2 rings (SSSR count). The fourth-order valence-electron chi connectivity index (χ4n) is 2.14. The minimum atomic E-state index is 0.0231. The molecule has 18 heavy (non-hydrogen) atoms. The van der Waals surface area contributed by atoms with Gasteiger partial charge >= 0.3 is 0 Å². The van der Waals surface area contributed by atoms with Gasteiger partial charge in [-0.05, 0) is 55.5 Å². The van der Waals surface area contributed by atoms with Crippen molar-refractivity contribution in [3.8, 4) is 0 Å². The molecule has 1 aromatic rings. The van der Waals surface area contributed by atoms with Crippen molar-refractivity contribution in [3.05, 3.63) is 33.7 Å². The zero-order chi connectivity index (χ0) is 13.0. The third kappa shape index (κ3) is 3.35. The fraction of sp³-hybridized carbons (Fsp3) is 0.500. The van der Waals surface area contributed by atoms with E-state index in [0.29, 0.717) is 0 Å². The molecule has 1 atom stereocenters. The number of hydrogen-bond acceptors (Lipinski definition) is 3. The first-order valence-corrected chi connectivity index (χ1v) is 7.25. The summed E-state index contributed by atoms with van der Waals surface area (Å²) in [5.74, 6) is 0.802. The summed E-state index contributed by atoms with van der Waals surface area (Å²) >= 11 is 1.69. The van der Waals surface area contributed by atoms with Crippen LogP contribution in [-0.2, 0) is 16.0 Å². The molecule has 1 N–H and O–H groups in total. The van der Waals surface area contributed by atoms with Crippen LogP contribution in [0, 0.1) is 0 Å². The summed E-state index contributed by atoms with van der Waals surface area (Å²) in [5, 5.41) is 7.23. The molecule has 0 fully saturated rings. The van der Waals surface area contributed by atoms with E-state index in [4.69, 9.17) is 4.74 Å². The van der Waals surface area contributed by atoms with Crippen molar-refractivity contribution in [1.82, 2.24) is 5.32 Å². The van der Waals surface area contributed by atoms with E-state index in [2.05, 4.69) is 22.1 Å². The van der Waals surface area contributed by atoms with Gasteiger partial charge in [-0.1, -0.05) is 0 Å². The Morgan fingerprint density at radius 1 is 1.61 bits per heavy atom. The highest BCUT2D eigenvalue weighted by molar-refractivity contribution is 7.07. The second kappa shape index (κ2) is 6.05. The van der Waals surface area contributed by atoms with Crippen LogP contribution in [0.5, 0.6) is 0 Å². The van der Waals surface area contributed by atoms with Gasteiger partial charge in [-0.15, -0.1) is 0 Å². The Labute approximate surface area is 112 Å². The van der Waals surface area contributed by atoms with E-state index in [1.54, 1.807) is 11.3 Å². The zero-order valence-electron chi connectivity index (χ0n) is 10.9. The molecule has 0 saturated carbocycles. The van der Waals surface area contributed by atoms with Gasteiger partial charge in [0.1, 0.15) is 5.76 Å². The smallest absolute Gasteiger partial charge is 0.250 e. The largest absolute Gasteiger partial charge is 0.498 e. The molecule has 0 aliphatic carbocycles. The molecule has 0 aromatic carbocycles. The molecular formula is C14H19NO2S. The molecule has 0 saturated heterocycles. The second-order valence-corrected chi connectivity index (χ2v) is 5.48. The minimum absolute atomic E-state index is 0.0231. The molecule has 98 valence electrons. The molecule has 0 bridgehead atoms. The normalized spacial score (nSPS) is 17.2. The van der Waals surface area contributed by atoms with Gasteiger partial charge in [0.2, 0.25) is 0 Å². The zero-order valence-corrected chi connectivity index (χ0v) is 11.7. The maximum absolute atomic E-state index is 12.1. The van der Waals surface area contributed by atoms with E-state index in [1.807, 2.05) is 13.8 Å². The third-order valence-electron chi connectivity index (χ3n) is 3.09. The van der Waals surface area contributed by atoms with Crippen LogP contribution in [0.15, 0.2) is 28.2 Å². The van der Waals surface area contributed by atoms with Gasteiger partial charge in [0, 0.05) is 6.04 Å². The van der Waals surface area contributed by atoms with Crippen LogP contribution in [-0.4, -0.2) is 18.6 Å². The summed E-state index contributed by atoms with van der Waals surface area (Å²) in [6.45, 7) is 4.64. The van der Waals surface area contributed by atoms with Gasteiger partial charge < -0.3 is 10.1 Å². The van der Waals surface area contributed by atoms with Crippen LogP contribution < -0.4 is 5.32 Å². The second-order valence-electron chi connectivity index (χ2n) is 4.70. The van der Waals surface area contributed by atoms with E-state index in [9.17, 15) is 4.79 Å². The Morgan fingerprint density at radius 3 is 3.11 bits per heavy atom. The lowest BCUT2D eigenvalue weighted by molar-refractivity contribution is -0.118. The summed E-state index contributed by atoms with van der Waals surface area (Å²) in [6, 6.07) is 2.25. The van der Waals surface area contributed by atoms with Gasteiger partial charge in [-0.25, -0.2) is 0 Å².